The van der Waals surface area contributed by atoms with Crippen LogP contribution in [0.25, 0.3) is 22.6 Å². The van der Waals surface area contributed by atoms with E-state index < -0.39 is 0 Å². The van der Waals surface area contributed by atoms with E-state index in [-0.39, 0.29) is 11.4 Å². The Morgan fingerprint density at radius 1 is 1.10 bits per heavy atom. The average Bonchev–Trinajstić information content (AvgIpc) is 3.18. The maximum absolute atomic E-state index is 8.93. The summed E-state index contributed by atoms with van der Waals surface area (Å²) in [5, 5.41) is 12.0. The summed E-state index contributed by atoms with van der Waals surface area (Å²) in [6, 6.07) is 15.9. The Hall–Kier alpha value is -4.25. The highest BCUT2D eigenvalue weighted by Crippen LogP contribution is 2.29. The zero-order valence-corrected chi connectivity index (χ0v) is 15.7. The molecule has 4 rings (SSSR count). The van der Waals surface area contributed by atoms with E-state index in [0.717, 1.165) is 22.6 Å². The monoisotopic (exact) mass is 382 g/mol. The Bertz CT molecular complexity index is 1170. The van der Waals surface area contributed by atoms with Gasteiger partial charge in [0.15, 0.2) is 0 Å². The Balaban J connectivity index is 1.65. The van der Waals surface area contributed by atoms with Crippen LogP contribution in [0.3, 0.4) is 0 Å². The second kappa shape index (κ2) is 7.78. The van der Waals surface area contributed by atoms with E-state index in [9.17, 15) is 0 Å². The number of aromatic nitrogens is 5. The molecule has 0 aliphatic rings. The Morgan fingerprint density at radius 2 is 1.93 bits per heavy atom. The van der Waals surface area contributed by atoms with E-state index in [1.54, 1.807) is 6.20 Å². The normalized spacial score (nSPS) is 10.5. The maximum Gasteiger partial charge on any atom is 0.225 e. The number of pyridine rings is 1. The minimum Gasteiger partial charge on any atom is -0.382 e. The van der Waals surface area contributed by atoms with Crippen LogP contribution in [-0.4, -0.2) is 24.9 Å². The van der Waals surface area contributed by atoms with Crippen molar-refractivity contribution in [3.8, 4) is 28.7 Å². The number of imidazole rings is 1. The average molecular weight is 382 g/mol. The van der Waals surface area contributed by atoms with Crippen molar-refractivity contribution in [3.05, 3.63) is 71.8 Å². The minimum absolute atomic E-state index is 0.138. The molecule has 0 aliphatic heterocycles. The number of nitriles is 1. The number of hydrogen-bond acceptors (Lipinski definition) is 7. The Kier molecular flexibility index (Phi) is 4.86. The molecule has 4 aromatic rings. The minimum atomic E-state index is 0.138. The summed E-state index contributed by atoms with van der Waals surface area (Å²) in [6.45, 7) is 2.41. The molecule has 3 aromatic heterocycles. The molecule has 8 nitrogen and oxygen atoms in total. The van der Waals surface area contributed by atoms with Gasteiger partial charge in [0.1, 0.15) is 23.3 Å². The second-order valence-electron chi connectivity index (χ2n) is 6.45. The lowest BCUT2D eigenvalue weighted by atomic mass is 10.1. The van der Waals surface area contributed by atoms with E-state index in [2.05, 4.69) is 37.4 Å². The third-order valence-corrected chi connectivity index (χ3v) is 4.35. The van der Waals surface area contributed by atoms with Crippen LogP contribution in [0.15, 0.2) is 54.9 Å². The first kappa shape index (κ1) is 18.1. The molecule has 3 heterocycles. The molecule has 8 heteroatoms. The molecule has 0 amide bonds. The first-order valence-electron chi connectivity index (χ1n) is 8.98. The highest BCUT2D eigenvalue weighted by molar-refractivity contribution is 5.76. The van der Waals surface area contributed by atoms with Crippen LogP contribution in [-0.2, 0) is 6.54 Å². The van der Waals surface area contributed by atoms with Crippen molar-refractivity contribution in [2.75, 3.05) is 11.1 Å². The van der Waals surface area contributed by atoms with Crippen molar-refractivity contribution in [1.29, 1.82) is 5.26 Å². The van der Waals surface area contributed by atoms with Crippen molar-refractivity contribution in [2.45, 2.75) is 13.5 Å². The van der Waals surface area contributed by atoms with E-state index in [1.165, 1.54) is 11.8 Å². The zero-order valence-electron chi connectivity index (χ0n) is 15.7. The first-order valence-corrected chi connectivity index (χ1v) is 8.98. The first-order chi connectivity index (χ1) is 14.1. The van der Waals surface area contributed by atoms with Gasteiger partial charge in [-0.1, -0.05) is 35.9 Å². The molecule has 0 radical (unpaired) electrons. The summed E-state index contributed by atoms with van der Waals surface area (Å²) < 4.78 is 0. The quantitative estimate of drug-likeness (QED) is 0.483. The fourth-order valence-electron chi connectivity index (χ4n) is 2.85. The van der Waals surface area contributed by atoms with Gasteiger partial charge in [0.2, 0.25) is 5.95 Å². The number of benzene rings is 1. The zero-order chi connectivity index (χ0) is 20.2. The number of nitrogens with two attached hydrogens (primary N) is 1. The molecule has 0 spiro atoms. The highest BCUT2D eigenvalue weighted by Gasteiger charge is 2.15. The fraction of sp³-hybridized carbons (Fsp3) is 0.0952. The largest absolute Gasteiger partial charge is 0.382 e. The lowest BCUT2D eigenvalue weighted by Gasteiger charge is -2.03. The van der Waals surface area contributed by atoms with Crippen LogP contribution < -0.4 is 11.1 Å². The van der Waals surface area contributed by atoms with Gasteiger partial charge in [0.05, 0.1) is 29.8 Å². The van der Waals surface area contributed by atoms with Gasteiger partial charge in [-0.25, -0.2) is 9.97 Å². The smallest absolute Gasteiger partial charge is 0.225 e. The van der Waals surface area contributed by atoms with Crippen LogP contribution in [0.5, 0.6) is 0 Å². The van der Waals surface area contributed by atoms with Crippen LogP contribution in [0.1, 0.15) is 17.0 Å². The molecule has 4 N–H and O–H groups in total. The fourth-order valence-corrected chi connectivity index (χ4v) is 2.85. The van der Waals surface area contributed by atoms with Gasteiger partial charge in [-0.3, -0.25) is 4.98 Å². The summed E-state index contributed by atoms with van der Waals surface area (Å²) in [5.41, 5.74) is 10.6. The molecule has 0 unspecified atom stereocenters. The van der Waals surface area contributed by atoms with Crippen molar-refractivity contribution in [3.63, 3.8) is 0 Å². The van der Waals surface area contributed by atoms with Crippen LogP contribution >= 0.6 is 0 Å². The van der Waals surface area contributed by atoms with Gasteiger partial charge >= 0.3 is 0 Å². The van der Waals surface area contributed by atoms with Gasteiger partial charge in [0.25, 0.3) is 0 Å². The van der Waals surface area contributed by atoms with Gasteiger partial charge in [-0.05, 0) is 19.1 Å². The maximum atomic E-state index is 8.93. The lowest BCUT2D eigenvalue weighted by Crippen LogP contribution is -2.07. The van der Waals surface area contributed by atoms with E-state index in [1.807, 2.05) is 43.3 Å². The van der Waals surface area contributed by atoms with Gasteiger partial charge in [0, 0.05) is 11.8 Å². The summed E-state index contributed by atoms with van der Waals surface area (Å²) in [6.07, 6.45) is 3.14. The molecule has 0 aliphatic carbocycles. The molecule has 142 valence electrons. The predicted molar refractivity (Wildman–Crippen MR) is 110 cm³/mol. The molecular weight excluding hydrogens is 364 g/mol. The van der Waals surface area contributed by atoms with Crippen LogP contribution in [0, 0.1) is 18.3 Å². The van der Waals surface area contributed by atoms with Crippen molar-refractivity contribution >= 4 is 11.8 Å². The standard InChI is InChI=1S/C21H18N8/c1-13-5-7-14(8-6-13)18-19(16-4-2-3-9-24-16)28-17(27-18)12-26-21-25-11-15(10-22)20(23)29-21/h2-9,11H,12H2,1H3,(H,27,28)(H3,23,25,26,29). The number of aryl methyl sites for hydroxylation is 1. The molecular formula is C21H18N8. The van der Waals surface area contributed by atoms with E-state index >= 15 is 0 Å². The van der Waals surface area contributed by atoms with Crippen molar-refractivity contribution < 1.29 is 0 Å². The summed E-state index contributed by atoms with van der Waals surface area (Å²) >= 11 is 0. The van der Waals surface area contributed by atoms with Crippen LogP contribution in [0.4, 0.5) is 11.8 Å². The van der Waals surface area contributed by atoms with Gasteiger partial charge in [-0.2, -0.15) is 10.2 Å². The van der Waals surface area contributed by atoms with Gasteiger partial charge in [-0.15, -0.1) is 0 Å². The molecule has 0 bridgehead atoms. The second-order valence-corrected chi connectivity index (χ2v) is 6.45. The number of anilines is 2. The van der Waals surface area contributed by atoms with Crippen molar-refractivity contribution in [1.82, 2.24) is 24.9 Å². The van der Waals surface area contributed by atoms with Crippen LogP contribution in [0.2, 0.25) is 0 Å². The van der Waals surface area contributed by atoms with E-state index in [4.69, 9.17) is 16.0 Å². The number of nitrogens with one attached hydrogen (secondary N) is 2. The molecule has 1 aromatic carbocycles. The number of aromatic amines is 1. The lowest BCUT2D eigenvalue weighted by molar-refractivity contribution is 0.969. The topological polar surface area (TPSA) is 129 Å². The number of nitrogen functional groups attached to an aromatic ring is 1. The molecule has 0 saturated heterocycles. The molecule has 0 saturated carbocycles. The number of nitrogens with zero attached hydrogens (tertiary/aromatic N) is 5. The molecule has 0 atom stereocenters. The number of hydrogen-bond donors (Lipinski definition) is 3. The summed E-state index contributed by atoms with van der Waals surface area (Å²) in [7, 11) is 0. The Morgan fingerprint density at radius 3 is 2.62 bits per heavy atom. The SMILES string of the molecule is Cc1ccc(-c2nc(CNc3ncc(C#N)c(N)n3)[nH]c2-c2ccccn2)cc1. The Labute approximate surface area is 167 Å². The number of rotatable bonds is 5. The van der Waals surface area contributed by atoms with Crippen molar-refractivity contribution in [2.24, 2.45) is 0 Å². The molecule has 29 heavy (non-hydrogen) atoms. The predicted octanol–water partition coefficient (Wildman–Crippen LogP) is 3.30. The summed E-state index contributed by atoms with van der Waals surface area (Å²) in [4.78, 5) is 20.8. The summed E-state index contributed by atoms with van der Waals surface area (Å²) in [5.74, 6) is 1.17. The third kappa shape index (κ3) is 3.89. The number of H-pyrrole nitrogens is 1. The molecule has 0 fully saturated rings. The third-order valence-electron chi connectivity index (χ3n) is 4.35. The van der Waals surface area contributed by atoms with Gasteiger partial charge < -0.3 is 16.0 Å². The highest BCUT2D eigenvalue weighted by atomic mass is 15.1. The van der Waals surface area contributed by atoms with E-state index in [0.29, 0.717) is 18.3 Å².